The molecule has 0 spiro atoms. The van der Waals surface area contributed by atoms with Gasteiger partial charge in [-0.05, 0) is 31.9 Å². The van der Waals surface area contributed by atoms with Crippen LogP contribution in [0.3, 0.4) is 0 Å². The van der Waals surface area contributed by atoms with Gasteiger partial charge in [-0.15, -0.1) is 0 Å². The summed E-state index contributed by atoms with van der Waals surface area (Å²) >= 11 is 0. The minimum absolute atomic E-state index is 0.183. The van der Waals surface area contributed by atoms with Crippen LogP contribution in [0.25, 0.3) is 0 Å². The van der Waals surface area contributed by atoms with E-state index in [4.69, 9.17) is 5.73 Å². The van der Waals surface area contributed by atoms with Crippen LogP contribution in [0.5, 0.6) is 0 Å². The van der Waals surface area contributed by atoms with Crippen molar-refractivity contribution in [2.75, 3.05) is 6.54 Å². The molecule has 2 N–H and O–H groups in total. The van der Waals surface area contributed by atoms with Crippen molar-refractivity contribution in [3.63, 3.8) is 0 Å². The van der Waals surface area contributed by atoms with Gasteiger partial charge in [-0.3, -0.25) is 4.90 Å². The lowest BCUT2D eigenvalue weighted by molar-refractivity contribution is 0.176. The van der Waals surface area contributed by atoms with E-state index in [9.17, 15) is 0 Å². The molecule has 16 heavy (non-hydrogen) atoms. The van der Waals surface area contributed by atoms with Crippen molar-refractivity contribution in [1.82, 2.24) is 4.90 Å². The fourth-order valence-corrected chi connectivity index (χ4v) is 2.54. The van der Waals surface area contributed by atoms with E-state index in [1.165, 1.54) is 18.4 Å². The normalized spacial score (nSPS) is 19.8. The van der Waals surface area contributed by atoms with E-state index >= 15 is 0 Å². The molecular weight excluding hydrogens is 196 g/mol. The minimum atomic E-state index is 0.183. The molecule has 0 amide bonds. The van der Waals surface area contributed by atoms with E-state index in [1.54, 1.807) is 0 Å². The highest BCUT2D eigenvalue weighted by molar-refractivity contribution is 5.21. The third-order valence-electron chi connectivity index (χ3n) is 3.38. The average Bonchev–Trinajstić information content (AvgIpc) is 3.10. The molecule has 2 heteroatoms. The number of hydrogen-bond acceptors (Lipinski definition) is 2. The smallest absolute Gasteiger partial charge is 0.0499 e. The Morgan fingerprint density at radius 3 is 2.38 bits per heavy atom. The average molecular weight is 218 g/mol. The summed E-state index contributed by atoms with van der Waals surface area (Å²) in [5.74, 6) is 0. The van der Waals surface area contributed by atoms with Crippen LogP contribution in [-0.4, -0.2) is 23.5 Å². The van der Waals surface area contributed by atoms with Crippen LogP contribution in [0.2, 0.25) is 0 Å². The first-order valence-electron chi connectivity index (χ1n) is 6.30. The van der Waals surface area contributed by atoms with Gasteiger partial charge in [-0.25, -0.2) is 0 Å². The molecule has 1 aromatic carbocycles. The van der Waals surface area contributed by atoms with Crippen molar-refractivity contribution in [2.45, 2.75) is 44.8 Å². The van der Waals surface area contributed by atoms with Crippen LogP contribution in [0.1, 0.15) is 38.3 Å². The Morgan fingerprint density at radius 2 is 1.94 bits per heavy atom. The van der Waals surface area contributed by atoms with Crippen LogP contribution in [0.15, 0.2) is 30.3 Å². The number of nitrogens with zero attached hydrogens (tertiary/aromatic N) is 1. The predicted molar refractivity (Wildman–Crippen MR) is 68.2 cm³/mol. The Morgan fingerprint density at radius 1 is 1.31 bits per heavy atom. The van der Waals surface area contributed by atoms with E-state index < -0.39 is 0 Å². The van der Waals surface area contributed by atoms with Gasteiger partial charge in [0.1, 0.15) is 0 Å². The van der Waals surface area contributed by atoms with Gasteiger partial charge in [-0.1, -0.05) is 37.3 Å². The fourth-order valence-electron chi connectivity index (χ4n) is 2.54. The maximum absolute atomic E-state index is 6.17. The summed E-state index contributed by atoms with van der Waals surface area (Å²) in [5, 5.41) is 0. The summed E-state index contributed by atoms with van der Waals surface area (Å²) in [6, 6.07) is 12.0. The molecular formula is C14H22N2. The van der Waals surface area contributed by atoms with Gasteiger partial charge >= 0.3 is 0 Å². The zero-order valence-electron chi connectivity index (χ0n) is 10.3. The quantitative estimate of drug-likeness (QED) is 0.823. The maximum Gasteiger partial charge on any atom is 0.0499 e. The molecule has 0 aliphatic heterocycles. The van der Waals surface area contributed by atoms with Crippen molar-refractivity contribution in [1.29, 1.82) is 0 Å². The van der Waals surface area contributed by atoms with Gasteiger partial charge in [0.25, 0.3) is 0 Å². The Balaban J connectivity index is 2.22. The molecule has 1 saturated carbocycles. The van der Waals surface area contributed by atoms with Gasteiger partial charge in [0.15, 0.2) is 0 Å². The molecule has 2 atom stereocenters. The van der Waals surface area contributed by atoms with Crippen molar-refractivity contribution in [3.05, 3.63) is 35.9 Å². The summed E-state index contributed by atoms with van der Waals surface area (Å²) in [4.78, 5) is 2.56. The van der Waals surface area contributed by atoms with Gasteiger partial charge in [0.05, 0.1) is 0 Å². The Bertz CT molecular complexity index is 317. The SMILES string of the molecule is CCN(C1CC1)C(c1ccccc1)C(C)N. The van der Waals surface area contributed by atoms with Crippen LogP contribution in [0.4, 0.5) is 0 Å². The molecule has 0 radical (unpaired) electrons. The lowest BCUT2D eigenvalue weighted by Crippen LogP contribution is -2.40. The van der Waals surface area contributed by atoms with Crippen molar-refractivity contribution < 1.29 is 0 Å². The number of benzene rings is 1. The Hall–Kier alpha value is -0.860. The lowest BCUT2D eigenvalue weighted by atomic mass is 9.99. The minimum Gasteiger partial charge on any atom is -0.326 e. The van der Waals surface area contributed by atoms with Gasteiger partial charge in [0, 0.05) is 18.1 Å². The molecule has 1 aliphatic rings. The van der Waals surface area contributed by atoms with Gasteiger partial charge in [0.2, 0.25) is 0 Å². The summed E-state index contributed by atoms with van der Waals surface area (Å²) < 4.78 is 0. The van der Waals surface area contributed by atoms with E-state index in [0.29, 0.717) is 6.04 Å². The molecule has 0 aromatic heterocycles. The van der Waals surface area contributed by atoms with E-state index in [-0.39, 0.29) is 6.04 Å². The molecule has 2 nitrogen and oxygen atoms in total. The molecule has 1 aromatic rings. The first-order chi connectivity index (χ1) is 7.74. The van der Waals surface area contributed by atoms with Crippen molar-refractivity contribution in [3.8, 4) is 0 Å². The van der Waals surface area contributed by atoms with Crippen LogP contribution in [-0.2, 0) is 0 Å². The second kappa shape index (κ2) is 4.98. The highest BCUT2D eigenvalue weighted by Gasteiger charge is 2.34. The van der Waals surface area contributed by atoms with E-state index in [2.05, 4.69) is 49.1 Å². The van der Waals surface area contributed by atoms with Crippen molar-refractivity contribution in [2.24, 2.45) is 5.73 Å². The van der Waals surface area contributed by atoms with Gasteiger partial charge in [-0.2, -0.15) is 0 Å². The predicted octanol–water partition coefficient (Wildman–Crippen LogP) is 2.56. The molecule has 1 fully saturated rings. The topological polar surface area (TPSA) is 29.3 Å². The Kier molecular flexibility index (Phi) is 3.62. The summed E-state index contributed by atoms with van der Waals surface area (Å²) in [6.07, 6.45) is 2.67. The Labute approximate surface area is 98.4 Å². The highest BCUT2D eigenvalue weighted by atomic mass is 15.2. The second-order valence-corrected chi connectivity index (χ2v) is 4.78. The van der Waals surface area contributed by atoms with Crippen LogP contribution < -0.4 is 5.73 Å². The number of rotatable bonds is 5. The third-order valence-corrected chi connectivity index (χ3v) is 3.38. The monoisotopic (exact) mass is 218 g/mol. The highest BCUT2D eigenvalue weighted by Crippen LogP contribution is 2.35. The van der Waals surface area contributed by atoms with Gasteiger partial charge < -0.3 is 5.73 Å². The molecule has 1 aliphatic carbocycles. The molecule has 2 rings (SSSR count). The number of nitrogens with two attached hydrogens (primary N) is 1. The van der Waals surface area contributed by atoms with E-state index in [0.717, 1.165) is 12.6 Å². The molecule has 0 bridgehead atoms. The first-order valence-corrected chi connectivity index (χ1v) is 6.30. The molecule has 0 heterocycles. The molecule has 2 unspecified atom stereocenters. The summed E-state index contributed by atoms with van der Waals surface area (Å²) in [5.41, 5.74) is 7.52. The molecule has 0 saturated heterocycles. The first kappa shape index (κ1) is 11.6. The fraction of sp³-hybridized carbons (Fsp3) is 0.571. The third kappa shape index (κ3) is 2.45. The second-order valence-electron chi connectivity index (χ2n) is 4.78. The maximum atomic E-state index is 6.17. The largest absolute Gasteiger partial charge is 0.326 e. The number of likely N-dealkylation sites (N-methyl/N-ethyl adjacent to an activating group) is 1. The molecule has 88 valence electrons. The number of hydrogen-bond donors (Lipinski definition) is 1. The zero-order valence-corrected chi connectivity index (χ0v) is 10.3. The lowest BCUT2D eigenvalue weighted by Gasteiger charge is -2.34. The standard InChI is InChI=1S/C14H22N2/c1-3-16(13-9-10-13)14(11(2)15)12-7-5-4-6-8-12/h4-8,11,13-14H,3,9-10,15H2,1-2H3. The van der Waals surface area contributed by atoms with Crippen LogP contribution in [0, 0.1) is 0 Å². The zero-order chi connectivity index (χ0) is 11.5. The summed E-state index contributed by atoms with van der Waals surface area (Å²) in [6.45, 7) is 5.44. The van der Waals surface area contributed by atoms with Crippen molar-refractivity contribution >= 4 is 0 Å². The van der Waals surface area contributed by atoms with Crippen LogP contribution >= 0.6 is 0 Å². The van der Waals surface area contributed by atoms with E-state index in [1.807, 2.05) is 0 Å². The summed E-state index contributed by atoms with van der Waals surface area (Å²) in [7, 11) is 0.